The quantitative estimate of drug-likeness (QED) is 0.676. The number of hydrogen-bond acceptors (Lipinski definition) is 3. The fourth-order valence-corrected chi connectivity index (χ4v) is 2.84. The molecule has 0 spiro atoms. The van der Waals surface area contributed by atoms with Gasteiger partial charge in [0.25, 0.3) is 0 Å². The Labute approximate surface area is 157 Å². The van der Waals surface area contributed by atoms with E-state index in [2.05, 4.69) is 10.3 Å². The summed E-state index contributed by atoms with van der Waals surface area (Å²) in [7, 11) is 0. The zero-order valence-electron chi connectivity index (χ0n) is 14.9. The van der Waals surface area contributed by atoms with Crippen LogP contribution >= 0.6 is 0 Å². The number of carbonyl (C=O) groups is 2. The van der Waals surface area contributed by atoms with Crippen LogP contribution in [0.4, 0.5) is 0 Å². The Kier molecular flexibility index (Phi) is 5.66. The summed E-state index contributed by atoms with van der Waals surface area (Å²) < 4.78 is 1.59. The third-order valence-electron chi connectivity index (χ3n) is 4.36. The highest BCUT2D eigenvalue weighted by atomic mass is 16.4. The summed E-state index contributed by atoms with van der Waals surface area (Å²) in [6.45, 7) is 1.63. The molecule has 0 bridgehead atoms. The van der Waals surface area contributed by atoms with Gasteiger partial charge in [-0.25, -0.2) is 4.98 Å². The lowest BCUT2D eigenvalue weighted by Gasteiger charge is -2.20. The van der Waals surface area contributed by atoms with Crippen molar-refractivity contribution in [2.45, 2.75) is 25.4 Å². The average molecular weight is 363 g/mol. The van der Waals surface area contributed by atoms with Crippen LogP contribution in [-0.4, -0.2) is 26.5 Å². The fourth-order valence-electron chi connectivity index (χ4n) is 2.84. The molecule has 1 unspecified atom stereocenters. The van der Waals surface area contributed by atoms with Gasteiger partial charge in [-0.3, -0.25) is 9.59 Å². The van der Waals surface area contributed by atoms with Crippen molar-refractivity contribution in [3.05, 3.63) is 90.0 Å². The van der Waals surface area contributed by atoms with Crippen molar-refractivity contribution in [1.29, 1.82) is 0 Å². The monoisotopic (exact) mass is 363 g/mol. The van der Waals surface area contributed by atoms with Crippen LogP contribution in [0.25, 0.3) is 0 Å². The zero-order valence-corrected chi connectivity index (χ0v) is 14.9. The van der Waals surface area contributed by atoms with Crippen molar-refractivity contribution >= 4 is 11.9 Å². The zero-order chi connectivity index (χ0) is 19.2. The number of carbonyl (C=O) groups excluding carboxylic acids is 1. The number of aliphatic carboxylic acids is 1. The van der Waals surface area contributed by atoms with Crippen molar-refractivity contribution in [2.24, 2.45) is 0 Å². The molecule has 6 heteroatoms. The number of nitrogens with one attached hydrogen (secondary N) is 1. The maximum Gasteiger partial charge on any atom is 0.312 e. The van der Waals surface area contributed by atoms with Gasteiger partial charge in [-0.15, -0.1) is 0 Å². The first-order chi connectivity index (χ1) is 13.0. The van der Waals surface area contributed by atoms with Gasteiger partial charge in [0.05, 0.1) is 24.0 Å². The minimum atomic E-state index is -0.946. The largest absolute Gasteiger partial charge is 0.481 e. The summed E-state index contributed by atoms with van der Waals surface area (Å²) >= 11 is 0. The summed E-state index contributed by atoms with van der Waals surface area (Å²) in [5.74, 6) is -1.84. The van der Waals surface area contributed by atoms with E-state index in [9.17, 15) is 9.59 Å². The molecule has 0 radical (unpaired) electrons. The molecule has 1 aromatic heterocycles. The Morgan fingerprint density at radius 1 is 1.04 bits per heavy atom. The van der Waals surface area contributed by atoms with Crippen molar-refractivity contribution in [2.75, 3.05) is 0 Å². The topological polar surface area (TPSA) is 84.2 Å². The molecular formula is C21H21N3O3. The van der Waals surface area contributed by atoms with Crippen LogP contribution in [0.15, 0.2) is 73.2 Å². The van der Waals surface area contributed by atoms with E-state index in [4.69, 9.17) is 5.11 Å². The second-order valence-corrected chi connectivity index (χ2v) is 6.35. The number of carboxylic acids is 1. The van der Waals surface area contributed by atoms with E-state index in [1.807, 2.05) is 60.7 Å². The Morgan fingerprint density at radius 3 is 2.11 bits per heavy atom. The molecule has 1 atom stereocenters. The van der Waals surface area contributed by atoms with Crippen LogP contribution in [0.5, 0.6) is 0 Å². The van der Waals surface area contributed by atoms with Gasteiger partial charge in [0.2, 0.25) is 5.91 Å². The predicted octanol–water partition coefficient (Wildman–Crippen LogP) is 2.98. The first kappa shape index (κ1) is 18.4. The Balaban J connectivity index is 1.75. The number of imidazole rings is 1. The highest BCUT2D eigenvalue weighted by molar-refractivity contribution is 5.77. The predicted molar refractivity (Wildman–Crippen MR) is 101 cm³/mol. The first-order valence-electron chi connectivity index (χ1n) is 8.68. The van der Waals surface area contributed by atoms with Gasteiger partial charge in [0.15, 0.2) is 0 Å². The third-order valence-corrected chi connectivity index (χ3v) is 4.36. The van der Waals surface area contributed by atoms with Gasteiger partial charge in [-0.05, 0) is 18.1 Å². The molecule has 0 saturated heterocycles. The molecule has 0 aliphatic heterocycles. The molecule has 3 aromatic rings. The van der Waals surface area contributed by atoms with E-state index in [0.29, 0.717) is 5.69 Å². The Morgan fingerprint density at radius 2 is 1.59 bits per heavy atom. The smallest absolute Gasteiger partial charge is 0.312 e. The third kappa shape index (κ3) is 4.61. The van der Waals surface area contributed by atoms with Gasteiger partial charge in [0, 0.05) is 6.20 Å². The molecule has 1 heterocycles. The van der Waals surface area contributed by atoms with E-state index in [1.165, 1.54) is 6.33 Å². The number of amides is 1. The standard InChI is InChI=1S/C21H21N3O3/c1-15(21(26)27)18-12-24(14-22-18)13-19(25)23-20(16-8-4-2-5-9-16)17-10-6-3-7-11-17/h2-12,14-15,20H,13H2,1H3,(H,23,25)(H,26,27). The lowest BCUT2D eigenvalue weighted by atomic mass is 9.99. The second kappa shape index (κ2) is 8.31. The summed E-state index contributed by atoms with van der Waals surface area (Å²) in [4.78, 5) is 27.8. The maximum absolute atomic E-state index is 12.6. The molecule has 27 heavy (non-hydrogen) atoms. The molecule has 6 nitrogen and oxygen atoms in total. The normalized spacial score (nSPS) is 11.9. The van der Waals surface area contributed by atoms with Crippen LogP contribution in [0.2, 0.25) is 0 Å². The van der Waals surface area contributed by atoms with Crippen molar-refractivity contribution in [3.8, 4) is 0 Å². The second-order valence-electron chi connectivity index (χ2n) is 6.35. The van der Waals surface area contributed by atoms with Gasteiger partial charge >= 0.3 is 5.97 Å². The Bertz CT molecular complexity index is 867. The van der Waals surface area contributed by atoms with E-state index >= 15 is 0 Å². The van der Waals surface area contributed by atoms with Gasteiger partial charge in [-0.1, -0.05) is 60.7 Å². The van der Waals surface area contributed by atoms with E-state index in [0.717, 1.165) is 11.1 Å². The molecular weight excluding hydrogens is 342 g/mol. The lowest BCUT2D eigenvalue weighted by Crippen LogP contribution is -2.32. The highest BCUT2D eigenvalue weighted by Crippen LogP contribution is 2.21. The molecule has 0 aliphatic carbocycles. The average Bonchev–Trinajstić information content (AvgIpc) is 3.15. The maximum atomic E-state index is 12.6. The summed E-state index contributed by atoms with van der Waals surface area (Å²) in [5, 5.41) is 12.1. The van der Waals surface area contributed by atoms with E-state index in [1.54, 1.807) is 17.7 Å². The molecule has 0 saturated carbocycles. The molecule has 0 aliphatic rings. The van der Waals surface area contributed by atoms with Crippen molar-refractivity contribution in [1.82, 2.24) is 14.9 Å². The molecule has 0 fully saturated rings. The summed E-state index contributed by atoms with van der Waals surface area (Å²) in [6, 6.07) is 19.3. The summed E-state index contributed by atoms with van der Waals surface area (Å²) in [5.41, 5.74) is 2.41. The van der Waals surface area contributed by atoms with Gasteiger partial charge < -0.3 is 15.0 Å². The number of rotatable bonds is 7. The SMILES string of the molecule is CC(C(=O)O)c1cn(CC(=O)NC(c2ccccc2)c2ccccc2)cn1. The van der Waals surface area contributed by atoms with Crippen molar-refractivity contribution < 1.29 is 14.7 Å². The Hall–Kier alpha value is -3.41. The first-order valence-corrected chi connectivity index (χ1v) is 8.68. The van der Waals surface area contributed by atoms with Gasteiger partial charge in [0.1, 0.15) is 6.54 Å². The molecule has 3 rings (SSSR count). The van der Waals surface area contributed by atoms with E-state index in [-0.39, 0.29) is 18.5 Å². The molecule has 2 aromatic carbocycles. The number of carboxylic acid groups (broad SMARTS) is 1. The molecule has 138 valence electrons. The minimum absolute atomic E-state index is 0.0650. The summed E-state index contributed by atoms with van der Waals surface area (Å²) in [6.07, 6.45) is 3.08. The van der Waals surface area contributed by atoms with Crippen LogP contribution in [-0.2, 0) is 16.1 Å². The highest BCUT2D eigenvalue weighted by Gasteiger charge is 2.19. The molecule has 2 N–H and O–H groups in total. The number of nitrogens with zero attached hydrogens (tertiary/aromatic N) is 2. The number of hydrogen-bond donors (Lipinski definition) is 2. The van der Waals surface area contributed by atoms with Crippen LogP contribution < -0.4 is 5.32 Å². The number of aromatic nitrogens is 2. The van der Waals surface area contributed by atoms with Gasteiger partial charge in [-0.2, -0.15) is 0 Å². The van der Waals surface area contributed by atoms with Crippen molar-refractivity contribution in [3.63, 3.8) is 0 Å². The van der Waals surface area contributed by atoms with Crippen LogP contribution in [0.3, 0.4) is 0 Å². The van der Waals surface area contributed by atoms with Crippen LogP contribution in [0, 0.1) is 0 Å². The number of benzene rings is 2. The fraction of sp³-hybridized carbons (Fsp3) is 0.190. The van der Waals surface area contributed by atoms with Crippen LogP contribution in [0.1, 0.15) is 35.7 Å². The minimum Gasteiger partial charge on any atom is -0.481 e. The lowest BCUT2D eigenvalue weighted by molar-refractivity contribution is -0.138. The molecule has 1 amide bonds. The van der Waals surface area contributed by atoms with E-state index < -0.39 is 11.9 Å².